The van der Waals surface area contributed by atoms with E-state index < -0.39 is 0 Å². The third-order valence-electron chi connectivity index (χ3n) is 9.76. The Labute approximate surface area is 277 Å². The highest BCUT2D eigenvalue weighted by molar-refractivity contribution is 6.24. The van der Waals surface area contributed by atoms with Gasteiger partial charge in [0.2, 0.25) is 0 Å². The fourth-order valence-corrected chi connectivity index (χ4v) is 7.48. The Hall–Kier alpha value is -6.38. The molecule has 0 saturated carbocycles. The van der Waals surface area contributed by atoms with E-state index in [9.17, 15) is 0 Å². The van der Waals surface area contributed by atoms with Crippen LogP contribution in [0.25, 0.3) is 93.6 Å². The van der Waals surface area contributed by atoms with Crippen LogP contribution in [-0.4, -0.2) is 4.57 Å². The molecule has 0 bridgehead atoms. The van der Waals surface area contributed by atoms with Gasteiger partial charge in [-0.15, -0.1) is 0 Å². The molecular weight excluding hydrogens is 583 g/mol. The molecule has 48 heavy (non-hydrogen) atoms. The minimum absolute atomic E-state index is 0.921. The van der Waals surface area contributed by atoms with Crippen molar-refractivity contribution in [1.29, 1.82) is 0 Å². The van der Waals surface area contributed by atoms with Gasteiger partial charge in [-0.3, -0.25) is 0 Å². The van der Waals surface area contributed by atoms with Gasteiger partial charge in [0.15, 0.2) is 0 Å². The van der Waals surface area contributed by atoms with E-state index in [2.05, 4.69) is 168 Å². The molecule has 0 radical (unpaired) electrons. The van der Waals surface area contributed by atoms with Crippen molar-refractivity contribution in [2.45, 2.75) is 0 Å². The van der Waals surface area contributed by atoms with Crippen LogP contribution in [-0.2, 0) is 0 Å². The Kier molecular flexibility index (Phi) is 5.91. The van der Waals surface area contributed by atoms with Crippen LogP contribution in [0.2, 0.25) is 0 Å². The van der Waals surface area contributed by atoms with Crippen LogP contribution in [0.1, 0.15) is 0 Å². The first-order chi connectivity index (χ1) is 23.8. The van der Waals surface area contributed by atoms with Crippen molar-refractivity contribution >= 4 is 54.5 Å². The van der Waals surface area contributed by atoms with Gasteiger partial charge in [-0.2, -0.15) is 0 Å². The van der Waals surface area contributed by atoms with Crippen LogP contribution in [0.3, 0.4) is 0 Å². The van der Waals surface area contributed by atoms with Crippen molar-refractivity contribution < 1.29 is 4.42 Å². The first kappa shape index (κ1) is 26.8. The summed E-state index contributed by atoms with van der Waals surface area (Å²) >= 11 is 0. The molecule has 0 aliphatic heterocycles. The maximum absolute atomic E-state index is 6.33. The highest BCUT2D eigenvalue weighted by Gasteiger charge is 2.17. The van der Waals surface area contributed by atoms with Crippen molar-refractivity contribution in [3.63, 3.8) is 0 Å². The van der Waals surface area contributed by atoms with Gasteiger partial charge >= 0.3 is 0 Å². The van der Waals surface area contributed by atoms with Crippen LogP contribution in [0.5, 0.6) is 0 Å². The lowest BCUT2D eigenvalue weighted by Crippen LogP contribution is -1.94. The maximum atomic E-state index is 6.33. The summed E-state index contributed by atoms with van der Waals surface area (Å²) in [4.78, 5) is 0. The van der Waals surface area contributed by atoms with E-state index in [0.717, 1.165) is 27.6 Å². The second-order valence-corrected chi connectivity index (χ2v) is 12.6. The second-order valence-electron chi connectivity index (χ2n) is 12.6. The number of nitrogens with zero attached hydrogens (tertiary/aromatic N) is 1. The lowest BCUT2D eigenvalue weighted by molar-refractivity contribution is 0.669. The molecule has 0 aliphatic rings. The number of hydrogen-bond acceptors (Lipinski definition) is 1. The molecule has 224 valence electrons. The first-order valence-electron chi connectivity index (χ1n) is 16.4. The summed E-state index contributed by atoms with van der Waals surface area (Å²) in [6.45, 7) is 0. The second kappa shape index (κ2) is 10.6. The third-order valence-corrected chi connectivity index (χ3v) is 9.76. The highest BCUT2D eigenvalue weighted by Crippen LogP contribution is 2.40. The summed E-state index contributed by atoms with van der Waals surface area (Å²) in [5.41, 5.74) is 12.6. The molecule has 2 aromatic heterocycles. The predicted octanol–water partition coefficient (Wildman–Crippen LogP) is 12.8. The smallest absolute Gasteiger partial charge is 0.136 e. The molecule has 8 aromatic carbocycles. The van der Waals surface area contributed by atoms with Gasteiger partial charge in [0.25, 0.3) is 0 Å². The number of hydrogen-bond donors (Lipinski definition) is 0. The predicted molar refractivity (Wildman–Crippen MR) is 202 cm³/mol. The summed E-state index contributed by atoms with van der Waals surface area (Å²) in [6.07, 6.45) is 0. The van der Waals surface area contributed by atoms with Gasteiger partial charge in [-0.05, 0) is 105 Å². The minimum Gasteiger partial charge on any atom is -0.456 e. The SMILES string of the molecule is c1ccc(-c2cc(-c3ccccc3)cc(-c3ccc(-n4c5ccccc5c5c6cc7oc8ccccc8c7cc6ccc54)cc3)c2)cc1. The van der Waals surface area contributed by atoms with Gasteiger partial charge in [-0.1, -0.05) is 115 Å². The number of benzene rings is 8. The zero-order chi connectivity index (χ0) is 31.6. The highest BCUT2D eigenvalue weighted by atomic mass is 16.3. The van der Waals surface area contributed by atoms with Gasteiger partial charge in [-0.25, -0.2) is 0 Å². The fourth-order valence-electron chi connectivity index (χ4n) is 7.48. The number of furan rings is 1. The standard InChI is InChI=1S/C46H29NO/c1-3-11-30(12-4-1)34-25-35(31-13-5-2-6-14-31)27-36(26-34)32-19-22-37(23-20-32)47-42-17-9-7-16-39(42)46-40-29-45-41(28-33(40)21-24-43(46)47)38-15-8-10-18-44(38)48-45/h1-29H. The van der Waals surface area contributed by atoms with Gasteiger partial charge in [0.05, 0.1) is 11.0 Å². The van der Waals surface area contributed by atoms with Crippen molar-refractivity contribution in [2.24, 2.45) is 0 Å². The summed E-state index contributed by atoms with van der Waals surface area (Å²) in [5.74, 6) is 0. The summed E-state index contributed by atoms with van der Waals surface area (Å²) < 4.78 is 8.73. The Morgan fingerprint density at radius 3 is 1.60 bits per heavy atom. The van der Waals surface area contributed by atoms with E-state index in [0.29, 0.717) is 0 Å². The Balaban J connectivity index is 1.14. The molecule has 0 amide bonds. The van der Waals surface area contributed by atoms with Gasteiger partial charge < -0.3 is 8.98 Å². The molecule has 2 heteroatoms. The largest absolute Gasteiger partial charge is 0.456 e. The molecule has 0 aliphatic carbocycles. The monoisotopic (exact) mass is 611 g/mol. The third kappa shape index (κ3) is 4.20. The van der Waals surface area contributed by atoms with Crippen LogP contribution in [0, 0.1) is 0 Å². The molecule has 0 saturated heterocycles. The lowest BCUT2D eigenvalue weighted by Gasteiger charge is -2.13. The minimum atomic E-state index is 0.921. The molecule has 0 atom stereocenters. The van der Waals surface area contributed by atoms with E-state index in [1.807, 2.05) is 12.1 Å². The Morgan fingerprint density at radius 2 is 0.917 bits per heavy atom. The molecule has 0 spiro atoms. The molecule has 0 unspecified atom stereocenters. The molecule has 0 fully saturated rings. The lowest BCUT2D eigenvalue weighted by atomic mass is 9.93. The maximum Gasteiger partial charge on any atom is 0.136 e. The van der Waals surface area contributed by atoms with Crippen LogP contribution < -0.4 is 0 Å². The van der Waals surface area contributed by atoms with E-state index >= 15 is 0 Å². The average molecular weight is 612 g/mol. The Morgan fingerprint density at radius 1 is 0.333 bits per heavy atom. The van der Waals surface area contributed by atoms with Crippen molar-refractivity contribution in [2.75, 3.05) is 0 Å². The van der Waals surface area contributed by atoms with E-state index in [1.54, 1.807) is 0 Å². The number of para-hydroxylation sites is 2. The Bertz CT molecular complexity index is 2750. The number of rotatable bonds is 4. The van der Waals surface area contributed by atoms with Crippen molar-refractivity contribution in [3.8, 4) is 39.1 Å². The number of fused-ring (bicyclic) bond motifs is 8. The van der Waals surface area contributed by atoms with E-state index in [1.165, 1.54) is 66.0 Å². The molecule has 10 rings (SSSR count). The molecule has 10 aromatic rings. The topological polar surface area (TPSA) is 18.1 Å². The van der Waals surface area contributed by atoms with Gasteiger partial charge in [0, 0.05) is 27.2 Å². The van der Waals surface area contributed by atoms with Crippen LogP contribution in [0.15, 0.2) is 180 Å². The van der Waals surface area contributed by atoms with Crippen molar-refractivity contribution in [3.05, 3.63) is 176 Å². The fraction of sp³-hybridized carbons (Fsp3) is 0. The normalized spacial score (nSPS) is 11.8. The van der Waals surface area contributed by atoms with Gasteiger partial charge in [0.1, 0.15) is 11.2 Å². The van der Waals surface area contributed by atoms with Crippen LogP contribution in [0.4, 0.5) is 0 Å². The summed E-state index contributed by atoms with van der Waals surface area (Å²) in [5, 5.41) is 7.22. The summed E-state index contributed by atoms with van der Waals surface area (Å²) in [7, 11) is 0. The van der Waals surface area contributed by atoms with Crippen molar-refractivity contribution in [1.82, 2.24) is 4.57 Å². The molecular formula is C46H29NO. The zero-order valence-corrected chi connectivity index (χ0v) is 26.1. The number of aromatic nitrogens is 1. The quantitative estimate of drug-likeness (QED) is 0.194. The molecule has 2 nitrogen and oxygen atoms in total. The zero-order valence-electron chi connectivity index (χ0n) is 26.1. The van der Waals surface area contributed by atoms with E-state index in [4.69, 9.17) is 4.42 Å². The van der Waals surface area contributed by atoms with E-state index in [-0.39, 0.29) is 0 Å². The average Bonchev–Trinajstić information content (AvgIpc) is 3.70. The molecule has 2 heterocycles. The summed E-state index contributed by atoms with van der Waals surface area (Å²) in [6, 6.07) is 63.3. The van der Waals surface area contributed by atoms with Crippen LogP contribution >= 0.6 is 0 Å². The first-order valence-corrected chi connectivity index (χ1v) is 16.4. The molecule has 0 N–H and O–H groups in total.